The Balaban J connectivity index is 0.00000123. The largest absolute Gasteiger partial charge is 0.394 e. The number of carbonyl (C=O) groups is 3. The van der Waals surface area contributed by atoms with Crippen molar-refractivity contribution in [3.05, 3.63) is 131 Å². The van der Waals surface area contributed by atoms with Crippen LogP contribution in [0.1, 0.15) is 47.1 Å². The monoisotopic (exact) mass is 1780 g/mol. The molecule has 4 amide bonds. The molecule has 1 aliphatic rings. The molecule has 10 rings (SSSR count). The van der Waals surface area contributed by atoms with E-state index in [1.165, 1.54) is 12.4 Å². The number of aromatic amines is 3. The zero-order valence-electron chi connectivity index (χ0n) is 60.4. The average Bonchev–Trinajstić information content (AvgIpc) is 1.67. The number of hydrogen-bond acceptors (Lipinski definition) is 26. The summed E-state index contributed by atoms with van der Waals surface area (Å²) in [6.45, 7) is 42.6. The Bertz CT molecular complexity index is 4610. The maximum absolute atomic E-state index is 11.4. The van der Waals surface area contributed by atoms with Crippen molar-refractivity contribution in [3.63, 3.8) is 0 Å². The van der Waals surface area contributed by atoms with Crippen molar-refractivity contribution in [2.45, 2.75) is 80.7 Å². The third-order valence-corrected chi connectivity index (χ3v) is 12.9. The zero-order chi connectivity index (χ0) is 84.1. The van der Waals surface area contributed by atoms with Crippen LogP contribution >= 0.6 is 89.7 Å². The van der Waals surface area contributed by atoms with Gasteiger partial charge < -0.3 is 73.5 Å². The van der Waals surface area contributed by atoms with Gasteiger partial charge in [0.15, 0.2) is 22.9 Å². The molecule has 0 unspecified atom stereocenters. The molecule has 0 atom stereocenters. The quantitative estimate of drug-likeness (QED) is 0.00371. The standard InChI is InChI=1S/C9H10Cl2N4O.C9H12N4O3.C8H6ClNO.C8H14N4O2.2C8H12N4O.C4H9BrO.C4H4N4.CH4N2O.Cl3OP.H2O4S/c1-2-16-4-3-15-5-6-7(10)12-9(11)13-8(6)14-15;1-2-16-4-3-13-5-6-7(12-13)10-9(15)11-8(6)14;9-6-1-2-7-5(3-6)4-8(11)10-7;1-2-14-4-3-12-5-7(10-6-13)8(9)11-12;1-3-13-5-4-12-6-7(10-2)8(9)11-12;1-3-13-5-4-12-8(9)7(10-2)6-11-12;1-2-6-4-3-5;1-6-3-2-7-8-4(3)5;2-1(3)4;2*1-5(2,3)4/h5H,2-4H2,1H3;5H,2-4H2,1H3,(H2,10,11,12,14,15);1-3H,4H2,(H,10,11);5-6H,2-4H2,1H3,(H2,9,11)(H,10,13);6H,3-5H2,1H3,(H2,9,11);6H,3-5,9H2,1H3;2-4H2,1H3;2H,(H3,5,7,8);(H4,2,3,4);;(H2,1,2,3,4). The number of nitrogens with one attached hydrogen (secondary N) is 5. The number of anilines is 6. The first-order valence-electron chi connectivity index (χ1n) is 31.9. The molecule has 8 aromatic heterocycles. The molecule has 1 aromatic carbocycles. The summed E-state index contributed by atoms with van der Waals surface area (Å²) in [5, 5.41) is 31.2. The number of urea groups is 1. The van der Waals surface area contributed by atoms with Gasteiger partial charge in [0.25, 0.3) is 5.56 Å². The van der Waals surface area contributed by atoms with Gasteiger partial charge in [0.05, 0.1) is 122 Å². The molecule has 0 fully saturated rings. The van der Waals surface area contributed by atoms with Gasteiger partial charge in [-0.1, -0.05) is 39.1 Å². The van der Waals surface area contributed by atoms with Crippen LogP contribution in [0.4, 0.5) is 56.5 Å². The van der Waals surface area contributed by atoms with E-state index in [-0.39, 0.29) is 17.0 Å². The summed E-state index contributed by atoms with van der Waals surface area (Å²) in [4.78, 5) is 74.3. The molecule has 0 aliphatic carbocycles. The van der Waals surface area contributed by atoms with Gasteiger partial charge in [0, 0.05) is 74.3 Å². The second-order valence-corrected chi connectivity index (χ2v) is 29.3. The summed E-state index contributed by atoms with van der Waals surface area (Å²) < 4.78 is 80.0. The molecule has 43 nitrogen and oxygen atoms in total. The number of alkyl halides is 1. The summed E-state index contributed by atoms with van der Waals surface area (Å²) in [5.41, 5.74) is 33.8. The van der Waals surface area contributed by atoms with E-state index in [1.54, 1.807) is 54.3 Å². The summed E-state index contributed by atoms with van der Waals surface area (Å²) in [5.74, 6) is 1.39. The number of carbonyl (C=O) groups excluding carboxylic acids is 3. The van der Waals surface area contributed by atoms with Gasteiger partial charge in [0.1, 0.15) is 27.9 Å². The normalized spacial score (nSPS) is 10.6. The average molecular weight is 1780 g/mol. The fraction of sp³-hybridized carbons (Fsp3) is 0.424. The third-order valence-electron chi connectivity index (χ3n) is 11.9. The van der Waals surface area contributed by atoms with Gasteiger partial charge in [-0.2, -0.15) is 44.0 Å². The number of amides is 4. The molecule has 0 radical (unpaired) electrons. The molecule has 612 valence electrons. The van der Waals surface area contributed by atoms with Crippen molar-refractivity contribution >= 4 is 192 Å². The Kier molecular flexibility index (Phi) is 52.9. The van der Waals surface area contributed by atoms with E-state index in [4.69, 9.17) is 128 Å². The number of rotatable bonds is 25. The van der Waals surface area contributed by atoms with Gasteiger partial charge >= 0.3 is 27.3 Å². The fourth-order valence-electron chi connectivity index (χ4n) is 7.39. The number of nitrogens with two attached hydrogens (primary N) is 6. The molecule has 9 aromatic rings. The van der Waals surface area contributed by atoms with Crippen molar-refractivity contribution in [1.29, 1.82) is 0 Å². The van der Waals surface area contributed by atoms with Crippen molar-refractivity contribution in [1.82, 2.24) is 79.0 Å². The van der Waals surface area contributed by atoms with E-state index in [0.717, 1.165) is 29.8 Å². The van der Waals surface area contributed by atoms with Crippen molar-refractivity contribution < 1.29 is 64.9 Å². The Morgan fingerprint density at radius 3 is 1.59 bits per heavy atom. The van der Waals surface area contributed by atoms with Crippen LogP contribution in [0.15, 0.2) is 65.0 Å². The highest BCUT2D eigenvalue weighted by Gasteiger charge is 2.17. The molecular weight excluding hydrogens is 1700 g/mol. The van der Waals surface area contributed by atoms with E-state index in [9.17, 15) is 23.7 Å². The predicted molar refractivity (Wildman–Crippen MR) is 427 cm³/mol. The maximum atomic E-state index is 11.4. The summed E-state index contributed by atoms with van der Waals surface area (Å²) in [6.07, 6.45) is 10.5. The van der Waals surface area contributed by atoms with E-state index >= 15 is 0 Å². The van der Waals surface area contributed by atoms with Gasteiger partial charge in [-0.05, 0) is 111 Å². The third kappa shape index (κ3) is 47.5. The van der Waals surface area contributed by atoms with Gasteiger partial charge in [0.2, 0.25) is 34.7 Å². The highest BCUT2D eigenvalue weighted by atomic mass is 79.9. The number of benzene rings is 1. The zero-order valence-corrected chi connectivity index (χ0v) is 68.3. The number of nitrogens with zero attached hydrogens (tertiary/aromatic N) is 16. The minimum Gasteiger partial charge on any atom is -0.393 e. The van der Waals surface area contributed by atoms with E-state index in [0.29, 0.717) is 184 Å². The van der Waals surface area contributed by atoms with Crippen molar-refractivity contribution in [2.24, 2.45) is 11.5 Å². The number of ether oxygens (including phenoxy) is 6. The molecule has 0 spiro atoms. The van der Waals surface area contributed by atoms with Crippen LogP contribution in [0.25, 0.3) is 36.6 Å². The van der Waals surface area contributed by atoms with Crippen LogP contribution in [-0.4, -0.2) is 200 Å². The van der Waals surface area contributed by atoms with Crippen LogP contribution in [0.3, 0.4) is 0 Å². The van der Waals surface area contributed by atoms with E-state index in [2.05, 4.69) is 142 Å². The van der Waals surface area contributed by atoms with Crippen LogP contribution in [0.5, 0.6) is 0 Å². The van der Waals surface area contributed by atoms with Gasteiger partial charge in [-0.25, -0.2) is 29.1 Å². The first-order valence-corrected chi connectivity index (χ1v) is 40.0. The molecule has 19 N–H and O–H groups in total. The number of halogens is 7. The number of hydrogen-bond donors (Lipinski definition) is 13. The first kappa shape index (κ1) is 102. The predicted octanol–water partition coefficient (Wildman–Crippen LogP) is 8.77. The summed E-state index contributed by atoms with van der Waals surface area (Å²) >= 11 is 34.4. The highest BCUT2D eigenvalue weighted by Crippen LogP contribution is 2.61. The van der Waals surface area contributed by atoms with Gasteiger partial charge in [-0.15, -0.1) is 0 Å². The molecule has 111 heavy (non-hydrogen) atoms. The van der Waals surface area contributed by atoms with Crippen LogP contribution < -0.4 is 56.3 Å². The lowest BCUT2D eigenvalue weighted by atomic mass is 10.2. The molecule has 9 heterocycles. The second kappa shape index (κ2) is 57.7. The molecule has 52 heteroatoms. The second-order valence-electron chi connectivity index (χ2n) is 19.9. The Morgan fingerprint density at radius 2 is 1.14 bits per heavy atom. The number of aromatic nitrogens is 16. The summed E-state index contributed by atoms with van der Waals surface area (Å²) in [7, 11) is -4.67. The van der Waals surface area contributed by atoms with Crippen LogP contribution in [-0.2, 0) is 92.1 Å². The minimum atomic E-state index is -4.67. The number of fused-ring (bicyclic) bond motifs is 3. The minimum absolute atomic E-state index is 0.0438. The SMILES string of the molecule is CCOCCBr.CCOCCn1cc(NC=O)c(N)n1.CCOCCn1cc2c(=O)[nH]c(=O)[nH]c2n1.CCOCCn1cc2c(Cl)nc(Cl)nc2n1.NC(N)=O.O=C1Cc2cc(Cl)ccc2N1.O=P(Cl)(Cl)Cl.O=S(=O)(O)O.[C-]#[N+]c1cn(CCOCC)nc1N.[C-]#[N+]c1cn[nH]c1N.[C-]#[N+]c1cnn(CCOCC)c1N. The smallest absolute Gasteiger partial charge is 0.393 e. The van der Waals surface area contributed by atoms with Crippen LogP contribution in [0.2, 0.25) is 15.5 Å². The number of H-pyrrole nitrogens is 3. The lowest BCUT2D eigenvalue weighted by molar-refractivity contribution is -0.115. The van der Waals surface area contributed by atoms with Crippen molar-refractivity contribution in [2.75, 3.05) is 118 Å². The molecule has 0 saturated heterocycles. The number of primary amides is 2. The highest BCUT2D eigenvalue weighted by molar-refractivity contribution is 9.09. The molecular formula is C59H85BrCl6N27O16PS. The van der Waals surface area contributed by atoms with Crippen LogP contribution in [0, 0.1) is 19.7 Å². The summed E-state index contributed by atoms with van der Waals surface area (Å²) in [6, 6.07) is 4.57. The van der Waals surface area contributed by atoms with E-state index < -0.39 is 32.9 Å². The number of nitrogen functional groups attached to an aromatic ring is 4. The van der Waals surface area contributed by atoms with Gasteiger partial charge in [-0.3, -0.25) is 66.5 Å². The van der Waals surface area contributed by atoms with Crippen molar-refractivity contribution in [3.8, 4) is 0 Å². The molecule has 0 bridgehead atoms. The first-order chi connectivity index (χ1) is 52.5. The lowest BCUT2D eigenvalue weighted by Crippen LogP contribution is -2.21. The maximum Gasteiger partial charge on any atom is 0.394 e. The Morgan fingerprint density at radius 1 is 0.676 bits per heavy atom. The molecule has 0 saturated carbocycles. The van der Waals surface area contributed by atoms with E-state index in [1.807, 2.05) is 53.7 Å². The Hall–Kier alpha value is -9.28. The topological polar surface area (TPSA) is 601 Å². The molecule has 1 aliphatic heterocycles. The Labute approximate surface area is 673 Å². The fourth-order valence-corrected chi connectivity index (χ4v) is 8.24. The lowest BCUT2D eigenvalue weighted by Gasteiger charge is -2.03.